The number of aromatic nitrogens is 3. The van der Waals surface area contributed by atoms with Gasteiger partial charge in [0.25, 0.3) is 5.56 Å². The average molecular weight is 341 g/mol. The molecule has 0 radical (unpaired) electrons. The van der Waals surface area contributed by atoms with Gasteiger partial charge in [0.2, 0.25) is 0 Å². The molecule has 2 aromatic rings. The second-order valence-corrected chi connectivity index (χ2v) is 5.09. The molecule has 4 nitrogen and oxygen atoms in total. The first-order valence-corrected chi connectivity index (χ1v) is 6.37. The normalized spacial score (nSPS) is 10.8. The smallest absolute Gasteiger partial charge is 0.264 e. The molecule has 0 bridgehead atoms. The van der Waals surface area contributed by atoms with Crippen LogP contribution in [0.5, 0.6) is 0 Å². The summed E-state index contributed by atoms with van der Waals surface area (Å²) < 4.78 is 0.658. The monoisotopic (exact) mass is 341 g/mol. The van der Waals surface area contributed by atoms with Crippen molar-refractivity contribution in [2.75, 3.05) is 0 Å². The van der Waals surface area contributed by atoms with Crippen LogP contribution < -0.4 is 5.56 Å². The second-order valence-electron chi connectivity index (χ2n) is 4.01. The van der Waals surface area contributed by atoms with Crippen LogP contribution >= 0.6 is 22.6 Å². The van der Waals surface area contributed by atoms with Crippen LogP contribution in [-0.2, 0) is 0 Å². The van der Waals surface area contributed by atoms with Crippen LogP contribution in [-0.4, -0.2) is 15.0 Å². The highest BCUT2D eigenvalue weighted by molar-refractivity contribution is 14.1. The zero-order valence-electron chi connectivity index (χ0n) is 9.57. The average Bonchev–Trinajstić information content (AvgIpc) is 2.33. The number of nitrogens with one attached hydrogen (secondary N) is 1. The Morgan fingerprint density at radius 3 is 2.76 bits per heavy atom. The topological polar surface area (TPSA) is 58.6 Å². The van der Waals surface area contributed by atoms with Gasteiger partial charge >= 0.3 is 0 Å². The Kier molecular flexibility index (Phi) is 3.56. The lowest BCUT2D eigenvalue weighted by molar-refractivity contribution is 0.802. The van der Waals surface area contributed by atoms with Crippen molar-refractivity contribution in [3.8, 4) is 11.4 Å². The number of hydrogen-bond donors (Lipinski definition) is 1. The Hall–Kier alpha value is -1.24. The minimum Gasteiger partial charge on any atom is -0.306 e. The van der Waals surface area contributed by atoms with E-state index in [0.717, 1.165) is 11.3 Å². The fourth-order valence-corrected chi connectivity index (χ4v) is 2.38. The number of hydrogen-bond acceptors (Lipinski definition) is 3. The minimum absolute atomic E-state index is 0.0943. The Balaban J connectivity index is 2.62. The number of aromatic amines is 1. The van der Waals surface area contributed by atoms with Gasteiger partial charge in [0.1, 0.15) is 5.82 Å². The molecule has 1 N–H and O–H groups in total. The first-order valence-electron chi connectivity index (χ1n) is 5.29. The van der Waals surface area contributed by atoms with Gasteiger partial charge in [-0.3, -0.25) is 9.78 Å². The van der Waals surface area contributed by atoms with Gasteiger partial charge in [-0.25, -0.2) is 4.98 Å². The number of rotatable bonds is 2. The van der Waals surface area contributed by atoms with E-state index in [-0.39, 0.29) is 11.5 Å². The molecule has 0 unspecified atom stereocenters. The van der Waals surface area contributed by atoms with Crippen LogP contribution in [0, 0.1) is 3.57 Å². The summed E-state index contributed by atoms with van der Waals surface area (Å²) in [5.74, 6) is 0.798. The van der Waals surface area contributed by atoms with Crippen LogP contribution in [0.25, 0.3) is 11.4 Å². The van der Waals surface area contributed by atoms with Crippen molar-refractivity contribution >= 4 is 22.6 Å². The number of H-pyrrole nitrogens is 1. The van der Waals surface area contributed by atoms with Crippen molar-refractivity contribution < 1.29 is 0 Å². The fraction of sp³-hybridized carbons (Fsp3) is 0.250. The molecule has 0 aromatic carbocycles. The first kappa shape index (κ1) is 12.2. The summed E-state index contributed by atoms with van der Waals surface area (Å²) in [7, 11) is 0. The van der Waals surface area contributed by atoms with Crippen molar-refractivity contribution in [1.29, 1.82) is 0 Å². The van der Waals surface area contributed by atoms with Crippen LogP contribution in [0.1, 0.15) is 25.5 Å². The van der Waals surface area contributed by atoms with Crippen LogP contribution in [0.4, 0.5) is 0 Å². The highest BCUT2D eigenvalue weighted by Crippen LogP contribution is 2.19. The maximum Gasteiger partial charge on any atom is 0.264 e. The molecule has 0 fully saturated rings. The third-order valence-corrected chi connectivity index (χ3v) is 3.41. The van der Waals surface area contributed by atoms with Crippen molar-refractivity contribution in [3.63, 3.8) is 0 Å². The van der Waals surface area contributed by atoms with E-state index in [1.54, 1.807) is 12.4 Å². The van der Waals surface area contributed by atoms with Gasteiger partial charge in [0.05, 0.1) is 9.26 Å². The van der Waals surface area contributed by atoms with Gasteiger partial charge in [-0.05, 0) is 40.6 Å². The molecule has 17 heavy (non-hydrogen) atoms. The summed E-state index contributed by atoms with van der Waals surface area (Å²) in [4.78, 5) is 23.1. The van der Waals surface area contributed by atoms with E-state index < -0.39 is 0 Å². The van der Waals surface area contributed by atoms with Crippen molar-refractivity contribution in [2.45, 2.75) is 19.8 Å². The molecule has 0 aliphatic carbocycles. The second kappa shape index (κ2) is 4.95. The molecule has 0 spiro atoms. The molecule has 2 heterocycles. The van der Waals surface area contributed by atoms with E-state index in [1.165, 1.54) is 0 Å². The minimum atomic E-state index is -0.0943. The first-order chi connectivity index (χ1) is 8.09. The number of nitrogens with zero attached hydrogens (tertiary/aromatic N) is 2. The van der Waals surface area contributed by atoms with E-state index in [2.05, 4.69) is 15.0 Å². The number of pyridine rings is 1. The van der Waals surface area contributed by atoms with Crippen molar-refractivity contribution in [1.82, 2.24) is 15.0 Å². The maximum atomic E-state index is 11.8. The Labute approximate surface area is 113 Å². The van der Waals surface area contributed by atoms with Crippen molar-refractivity contribution in [3.05, 3.63) is 44.1 Å². The molecule has 0 amide bonds. The highest BCUT2D eigenvalue weighted by atomic mass is 127. The van der Waals surface area contributed by atoms with E-state index in [1.807, 2.05) is 48.6 Å². The summed E-state index contributed by atoms with van der Waals surface area (Å²) in [5, 5.41) is 0. The van der Waals surface area contributed by atoms with E-state index >= 15 is 0 Å². The molecule has 88 valence electrons. The molecular formula is C12H12IN3O. The third kappa shape index (κ3) is 2.54. The molecule has 0 atom stereocenters. The number of halogens is 1. The zero-order chi connectivity index (χ0) is 12.4. The SMILES string of the molecule is CC(C)c1nc(-c2cccnc2)[nH]c(=O)c1I. The zero-order valence-corrected chi connectivity index (χ0v) is 11.7. The van der Waals surface area contributed by atoms with E-state index in [9.17, 15) is 4.79 Å². The lowest BCUT2D eigenvalue weighted by atomic mass is 10.1. The molecule has 0 aliphatic rings. The quantitative estimate of drug-likeness (QED) is 0.854. The van der Waals surface area contributed by atoms with Crippen LogP contribution in [0.3, 0.4) is 0 Å². The van der Waals surface area contributed by atoms with Gasteiger partial charge in [0.15, 0.2) is 0 Å². The van der Waals surface area contributed by atoms with Gasteiger partial charge in [-0.15, -0.1) is 0 Å². The predicted molar refractivity (Wildman–Crippen MR) is 74.9 cm³/mol. The maximum absolute atomic E-state index is 11.8. The van der Waals surface area contributed by atoms with Crippen molar-refractivity contribution in [2.24, 2.45) is 0 Å². The Morgan fingerprint density at radius 1 is 1.41 bits per heavy atom. The third-order valence-electron chi connectivity index (χ3n) is 2.37. The fourth-order valence-electron chi connectivity index (χ4n) is 1.50. The predicted octanol–water partition coefficient (Wildman–Crippen LogP) is 2.56. The molecule has 5 heteroatoms. The van der Waals surface area contributed by atoms with Crippen LogP contribution in [0.15, 0.2) is 29.3 Å². The molecule has 0 saturated heterocycles. The Bertz CT molecular complexity index is 578. The highest BCUT2D eigenvalue weighted by Gasteiger charge is 2.12. The summed E-state index contributed by atoms with van der Waals surface area (Å²) in [6.07, 6.45) is 3.38. The van der Waals surface area contributed by atoms with Gasteiger partial charge in [-0.2, -0.15) is 0 Å². The van der Waals surface area contributed by atoms with E-state index in [4.69, 9.17) is 0 Å². The molecule has 2 rings (SSSR count). The molecule has 2 aromatic heterocycles. The molecular weight excluding hydrogens is 329 g/mol. The molecule has 0 aliphatic heterocycles. The lowest BCUT2D eigenvalue weighted by Gasteiger charge is -2.09. The molecule has 0 saturated carbocycles. The van der Waals surface area contributed by atoms with Gasteiger partial charge in [0, 0.05) is 18.0 Å². The summed E-state index contributed by atoms with van der Waals surface area (Å²) in [5.41, 5.74) is 1.55. The lowest BCUT2D eigenvalue weighted by Crippen LogP contribution is -2.17. The van der Waals surface area contributed by atoms with E-state index in [0.29, 0.717) is 9.39 Å². The van der Waals surface area contributed by atoms with Gasteiger partial charge < -0.3 is 4.98 Å². The Morgan fingerprint density at radius 2 is 2.18 bits per heavy atom. The van der Waals surface area contributed by atoms with Gasteiger partial charge in [-0.1, -0.05) is 13.8 Å². The van der Waals surface area contributed by atoms with Crippen LogP contribution in [0.2, 0.25) is 0 Å². The summed E-state index contributed by atoms with van der Waals surface area (Å²) >= 11 is 2.03. The summed E-state index contributed by atoms with van der Waals surface area (Å²) in [6.45, 7) is 4.05. The standard InChI is InChI=1S/C12H12IN3O/c1-7(2)10-9(13)12(17)16-11(15-10)8-4-3-5-14-6-8/h3-7H,1-2H3,(H,15,16,17). The summed E-state index contributed by atoms with van der Waals surface area (Å²) in [6, 6.07) is 3.70. The largest absolute Gasteiger partial charge is 0.306 e.